The lowest BCUT2D eigenvalue weighted by molar-refractivity contribution is 0.174. The molecule has 1 N–H and O–H groups in total. The summed E-state index contributed by atoms with van der Waals surface area (Å²) in [6.07, 6.45) is 4.21. The van der Waals surface area contributed by atoms with Crippen LogP contribution in [0.4, 0.5) is 0 Å². The Labute approximate surface area is 112 Å². The van der Waals surface area contributed by atoms with Gasteiger partial charge in [0, 0.05) is 19.6 Å². The van der Waals surface area contributed by atoms with Gasteiger partial charge in [-0.1, -0.05) is 20.8 Å². The van der Waals surface area contributed by atoms with Crippen LogP contribution >= 0.6 is 0 Å². The van der Waals surface area contributed by atoms with Crippen molar-refractivity contribution in [3.63, 3.8) is 0 Å². The third-order valence-corrected chi connectivity index (χ3v) is 5.94. The van der Waals surface area contributed by atoms with E-state index in [2.05, 4.69) is 19.2 Å². The van der Waals surface area contributed by atoms with Crippen LogP contribution in [-0.4, -0.2) is 44.7 Å². The number of hydrogen-bond donors (Lipinski definition) is 1. The molecule has 5 heteroatoms. The van der Waals surface area contributed by atoms with Gasteiger partial charge in [-0.3, -0.25) is 0 Å². The van der Waals surface area contributed by atoms with Crippen molar-refractivity contribution in [3.05, 3.63) is 0 Å². The molecule has 1 rings (SSSR count). The minimum Gasteiger partial charge on any atom is -0.316 e. The van der Waals surface area contributed by atoms with E-state index < -0.39 is 10.0 Å². The minimum atomic E-state index is -3.10. The molecule has 0 radical (unpaired) electrons. The number of sulfonamides is 1. The van der Waals surface area contributed by atoms with Crippen LogP contribution in [0.25, 0.3) is 0 Å². The lowest BCUT2D eigenvalue weighted by atomic mass is 9.76. The molecule has 0 saturated heterocycles. The SMILES string of the molecule is CCNCCS(=O)(=O)N(C)C1CCC(C)(C)CC1. The first-order valence-electron chi connectivity index (χ1n) is 6.95. The highest BCUT2D eigenvalue weighted by Crippen LogP contribution is 2.37. The third-order valence-electron chi connectivity index (χ3n) is 4.05. The van der Waals surface area contributed by atoms with Crippen LogP contribution in [-0.2, 0) is 10.0 Å². The molecule has 1 aliphatic carbocycles. The summed E-state index contributed by atoms with van der Waals surface area (Å²) in [5.41, 5.74) is 0.380. The Bertz CT molecular complexity index is 342. The Morgan fingerprint density at radius 2 is 1.83 bits per heavy atom. The summed E-state index contributed by atoms with van der Waals surface area (Å²) in [6, 6.07) is 0.199. The second-order valence-corrected chi connectivity index (χ2v) is 8.23. The highest BCUT2D eigenvalue weighted by molar-refractivity contribution is 7.89. The van der Waals surface area contributed by atoms with E-state index >= 15 is 0 Å². The quantitative estimate of drug-likeness (QED) is 0.753. The fourth-order valence-corrected chi connectivity index (χ4v) is 3.85. The van der Waals surface area contributed by atoms with Gasteiger partial charge in [0.25, 0.3) is 0 Å². The second kappa shape index (κ2) is 6.35. The van der Waals surface area contributed by atoms with Gasteiger partial charge in [0.05, 0.1) is 5.75 Å². The smallest absolute Gasteiger partial charge is 0.215 e. The number of nitrogens with one attached hydrogen (secondary N) is 1. The van der Waals surface area contributed by atoms with Crippen molar-refractivity contribution in [1.82, 2.24) is 9.62 Å². The van der Waals surface area contributed by atoms with Crippen LogP contribution in [0.5, 0.6) is 0 Å². The summed E-state index contributed by atoms with van der Waals surface area (Å²) >= 11 is 0. The van der Waals surface area contributed by atoms with E-state index in [0.717, 1.165) is 32.2 Å². The van der Waals surface area contributed by atoms with Gasteiger partial charge in [-0.05, 0) is 37.6 Å². The van der Waals surface area contributed by atoms with E-state index in [-0.39, 0.29) is 11.8 Å². The highest BCUT2D eigenvalue weighted by Gasteiger charge is 2.32. The number of rotatable bonds is 6. The molecule has 1 aliphatic rings. The Morgan fingerprint density at radius 1 is 1.28 bits per heavy atom. The van der Waals surface area contributed by atoms with Gasteiger partial charge in [-0.15, -0.1) is 0 Å². The van der Waals surface area contributed by atoms with Crippen LogP contribution in [0, 0.1) is 5.41 Å². The normalized spacial score (nSPS) is 21.4. The molecule has 0 aromatic carbocycles. The fourth-order valence-electron chi connectivity index (χ4n) is 2.50. The zero-order valence-electron chi connectivity index (χ0n) is 12.2. The molecule has 108 valence electrons. The Morgan fingerprint density at radius 3 is 2.33 bits per heavy atom. The molecule has 0 unspecified atom stereocenters. The Hall–Kier alpha value is -0.130. The van der Waals surface area contributed by atoms with Gasteiger partial charge in [0.1, 0.15) is 0 Å². The van der Waals surface area contributed by atoms with Crippen molar-refractivity contribution < 1.29 is 8.42 Å². The van der Waals surface area contributed by atoms with E-state index in [1.165, 1.54) is 0 Å². The van der Waals surface area contributed by atoms with Crippen LogP contribution in [0.2, 0.25) is 0 Å². The maximum absolute atomic E-state index is 12.2. The van der Waals surface area contributed by atoms with E-state index in [4.69, 9.17) is 0 Å². The third kappa shape index (κ3) is 4.52. The van der Waals surface area contributed by atoms with Gasteiger partial charge in [0.15, 0.2) is 0 Å². The largest absolute Gasteiger partial charge is 0.316 e. The molecule has 0 aromatic heterocycles. The van der Waals surface area contributed by atoms with E-state index in [0.29, 0.717) is 12.0 Å². The average molecular weight is 276 g/mol. The zero-order valence-corrected chi connectivity index (χ0v) is 13.0. The average Bonchev–Trinajstić information content (AvgIpc) is 2.28. The van der Waals surface area contributed by atoms with Gasteiger partial charge in [-0.25, -0.2) is 12.7 Å². The predicted octanol–water partition coefficient (Wildman–Crippen LogP) is 1.83. The molecule has 0 aromatic rings. The standard InChI is InChI=1S/C13H28N2O2S/c1-5-14-10-11-18(16,17)15(4)12-6-8-13(2,3)9-7-12/h12,14H,5-11H2,1-4H3. The lowest BCUT2D eigenvalue weighted by Gasteiger charge is -2.38. The summed E-state index contributed by atoms with van der Waals surface area (Å²) < 4.78 is 25.9. The van der Waals surface area contributed by atoms with E-state index in [1.54, 1.807) is 11.4 Å². The molecule has 0 heterocycles. The van der Waals surface area contributed by atoms with E-state index in [9.17, 15) is 8.42 Å². The predicted molar refractivity (Wildman–Crippen MR) is 76.1 cm³/mol. The van der Waals surface area contributed by atoms with Gasteiger partial charge < -0.3 is 5.32 Å². The monoisotopic (exact) mass is 276 g/mol. The van der Waals surface area contributed by atoms with Crippen molar-refractivity contribution >= 4 is 10.0 Å². The lowest BCUT2D eigenvalue weighted by Crippen LogP contribution is -2.43. The van der Waals surface area contributed by atoms with Crippen molar-refractivity contribution in [2.45, 2.75) is 52.5 Å². The van der Waals surface area contributed by atoms with Crippen LogP contribution in [0.3, 0.4) is 0 Å². The Kier molecular flexibility index (Phi) is 5.62. The number of nitrogens with zero attached hydrogens (tertiary/aromatic N) is 1. The summed E-state index contributed by atoms with van der Waals surface area (Å²) in [5.74, 6) is 0.206. The minimum absolute atomic E-state index is 0.199. The van der Waals surface area contributed by atoms with Crippen LogP contribution in [0.15, 0.2) is 0 Å². The molecule has 0 amide bonds. The summed E-state index contributed by atoms with van der Waals surface area (Å²) in [4.78, 5) is 0. The van der Waals surface area contributed by atoms with Gasteiger partial charge >= 0.3 is 0 Å². The van der Waals surface area contributed by atoms with Gasteiger partial charge in [0.2, 0.25) is 10.0 Å². The highest BCUT2D eigenvalue weighted by atomic mass is 32.2. The fraction of sp³-hybridized carbons (Fsp3) is 1.00. The van der Waals surface area contributed by atoms with E-state index in [1.807, 2.05) is 6.92 Å². The summed E-state index contributed by atoms with van der Waals surface area (Å²) in [5, 5.41) is 3.07. The molecule has 1 saturated carbocycles. The number of hydrogen-bond acceptors (Lipinski definition) is 3. The van der Waals surface area contributed by atoms with Crippen molar-refractivity contribution in [2.75, 3.05) is 25.9 Å². The maximum atomic E-state index is 12.2. The van der Waals surface area contributed by atoms with Crippen molar-refractivity contribution in [2.24, 2.45) is 5.41 Å². The molecular formula is C13H28N2O2S. The zero-order chi connectivity index (χ0) is 13.8. The molecule has 18 heavy (non-hydrogen) atoms. The first-order chi connectivity index (χ1) is 8.28. The second-order valence-electron chi connectivity index (χ2n) is 6.08. The molecule has 1 fully saturated rings. The topological polar surface area (TPSA) is 49.4 Å². The Balaban J connectivity index is 2.51. The molecule has 0 bridgehead atoms. The summed E-state index contributed by atoms with van der Waals surface area (Å²) in [7, 11) is -1.36. The molecular weight excluding hydrogens is 248 g/mol. The molecule has 0 aliphatic heterocycles. The van der Waals surface area contributed by atoms with Crippen molar-refractivity contribution in [1.29, 1.82) is 0 Å². The van der Waals surface area contributed by atoms with Gasteiger partial charge in [-0.2, -0.15) is 0 Å². The first-order valence-corrected chi connectivity index (χ1v) is 8.56. The van der Waals surface area contributed by atoms with Crippen LogP contribution in [0.1, 0.15) is 46.5 Å². The maximum Gasteiger partial charge on any atom is 0.215 e. The van der Waals surface area contributed by atoms with Crippen LogP contribution < -0.4 is 5.32 Å². The molecule has 0 atom stereocenters. The summed E-state index contributed by atoms with van der Waals surface area (Å²) in [6.45, 7) is 7.88. The first kappa shape index (κ1) is 15.9. The molecule has 4 nitrogen and oxygen atoms in total. The van der Waals surface area contributed by atoms with Crippen molar-refractivity contribution in [3.8, 4) is 0 Å². The molecule has 0 spiro atoms.